The molecule has 2 fully saturated rings. The van der Waals surface area contributed by atoms with Gasteiger partial charge in [-0.1, -0.05) is 24.4 Å². The van der Waals surface area contributed by atoms with Crippen molar-refractivity contribution in [1.29, 1.82) is 0 Å². The molecule has 0 bridgehead atoms. The van der Waals surface area contributed by atoms with Crippen molar-refractivity contribution in [2.45, 2.75) is 37.6 Å². The number of urea groups is 1. The maximum atomic E-state index is 12.4. The van der Waals surface area contributed by atoms with Crippen molar-refractivity contribution in [3.05, 3.63) is 28.8 Å². The molecule has 1 atom stereocenters. The number of hydrogen-bond acceptors (Lipinski definition) is 1. The van der Waals surface area contributed by atoms with Gasteiger partial charge in [0, 0.05) is 23.3 Å². The maximum absolute atomic E-state index is 12.4. The van der Waals surface area contributed by atoms with Crippen molar-refractivity contribution < 1.29 is 4.79 Å². The van der Waals surface area contributed by atoms with Crippen molar-refractivity contribution in [3.8, 4) is 0 Å². The lowest BCUT2D eigenvalue weighted by Crippen LogP contribution is -2.54. The number of anilines is 1. The zero-order valence-corrected chi connectivity index (χ0v) is 12.4. The fourth-order valence-electron chi connectivity index (χ4n) is 3.77. The van der Waals surface area contributed by atoms with Gasteiger partial charge in [-0.05, 0) is 49.3 Å². The summed E-state index contributed by atoms with van der Waals surface area (Å²) in [6.07, 6.45) is 6.14. The molecule has 2 aliphatic carbocycles. The zero-order chi connectivity index (χ0) is 13.9. The third kappa shape index (κ3) is 1.76. The summed E-state index contributed by atoms with van der Waals surface area (Å²) in [4.78, 5) is 14.3. The quantitative estimate of drug-likeness (QED) is 0.888. The number of hydrogen-bond donors (Lipinski definition) is 1. The molecule has 106 valence electrons. The van der Waals surface area contributed by atoms with Crippen LogP contribution in [0.1, 0.15) is 37.7 Å². The van der Waals surface area contributed by atoms with E-state index >= 15 is 0 Å². The number of nitrogens with one attached hydrogen (secondary N) is 1. The Morgan fingerprint density at radius 1 is 1.35 bits per heavy atom. The smallest absolute Gasteiger partial charge is 0.317 e. The Balaban J connectivity index is 1.89. The molecule has 20 heavy (non-hydrogen) atoms. The van der Waals surface area contributed by atoms with Gasteiger partial charge in [-0.3, -0.25) is 0 Å². The summed E-state index contributed by atoms with van der Waals surface area (Å²) >= 11 is 6.23. The standard InChI is InChI=1S/C16H19ClN2O/c1-19-15(20)18-14-7-6-12(17)8-13(14)16(19,11-4-5-11)9-10-2-3-10/h6-8,10-11H,2-5,9H2,1H3,(H,18,20). The van der Waals surface area contributed by atoms with Crippen LogP contribution in [0, 0.1) is 11.8 Å². The van der Waals surface area contributed by atoms with Crippen LogP contribution in [0.3, 0.4) is 0 Å². The molecule has 1 heterocycles. The highest BCUT2D eigenvalue weighted by atomic mass is 35.5. The van der Waals surface area contributed by atoms with Crippen molar-refractivity contribution in [3.63, 3.8) is 0 Å². The summed E-state index contributed by atoms with van der Waals surface area (Å²) < 4.78 is 0. The van der Waals surface area contributed by atoms with Gasteiger partial charge in [-0.15, -0.1) is 0 Å². The fraction of sp³-hybridized carbons (Fsp3) is 0.562. The molecule has 1 unspecified atom stereocenters. The molecular weight excluding hydrogens is 272 g/mol. The molecule has 0 spiro atoms. The Morgan fingerprint density at radius 2 is 2.10 bits per heavy atom. The molecule has 3 aliphatic rings. The lowest BCUT2D eigenvalue weighted by molar-refractivity contribution is 0.103. The Labute approximate surface area is 124 Å². The molecule has 0 saturated heterocycles. The van der Waals surface area contributed by atoms with E-state index in [9.17, 15) is 4.79 Å². The number of amides is 2. The molecule has 4 rings (SSSR count). The Bertz CT molecular complexity index is 580. The first-order valence-electron chi connectivity index (χ1n) is 7.46. The van der Waals surface area contributed by atoms with Crippen LogP contribution in [0.2, 0.25) is 5.02 Å². The predicted molar refractivity (Wildman–Crippen MR) is 80.0 cm³/mol. The first-order valence-corrected chi connectivity index (χ1v) is 7.84. The second-order valence-corrected chi connectivity index (χ2v) is 6.96. The minimum Gasteiger partial charge on any atom is -0.317 e. The third-order valence-electron chi connectivity index (χ3n) is 5.14. The van der Waals surface area contributed by atoms with Crippen molar-refractivity contribution in [1.82, 2.24) is 4.90 Å². The normalized spacial score (nSPS) is 29.1. The fourth-order valence-corrected chi connectivity index (χ4v) is 3.95. The van der Waals surface area contributed by atoms with Gasteiger partial charge in [-0.2, -0.15) is 0 Å². The van der Waals surface area contributed by atoms with E-state index in [-0.39, 0.29) is 11.6 Å². The van der Waals surface area contributed by atoms with Crippen molar-refractivity contribution in [2.24, 2.45) is 11.8 Å². The van der Waals surface area contributed by atoms with E-state index in [1.165, 1.54) is 31.2 Å². The van der Waals surface area contributed by atoms with Gasteiger partial charge < -0.3 is 10.2 Å². The SMILES string of the molecule is CN1C(=O)Nc2ccc(Cl)cc2C1(CC1CC1)C1CC1. The van der Waals surface area contributed by atoms with E-state index in [1.807, 2.05) is 24.1 Å². The largest absolute Gasteiger partial charge is 0.322 e. The zero-order valence-electron chi connectivity index (χ0n) is 11.7. The second kappa shape index (κ2) is 4.14. The van der Waals surface area contributed by atoms with Gasteiger partial charge in [-0.25, -0.2) is 4.79 Å². The van der Waals surface area contributed by atoms with E-state index in [4.69, 9.17) is 11.6 Å². The number of rotatable bonds is 3. The minimum atomic E-state index is -0.135. The summed E-state index contributed by atoms with van der Waals surface area (Å²) in [7, 11) is 1.94. The molecule has 4 heteroatoms. The number of benzene rings is 1. The summed E-state index contributed by atoms with van der Waals surface area (Å²) in [6, 6.07) is 5.90. The second-order valence-electron chi connectivity index (χ2n) is 6.53. The van der Waals surface area contributed by atoms with Gasteiger partial charge in [0.15, 0.2) is 0 Å². The molecule has 1 N–H and O–H groups in total. The lowest BCUT2D eigenvalue weighted by Gasteiger charge is -2.47. The Hall–Kier alpha value is -1.22. The van der Waals surface area contributed by atoms with Gasteiger partial charge in [0.05, 0.1) is 5.54 Å². The summed E-state index contributed by atoms with van der Waals surface area (Å²) in [5.41, 5.74) is 2.04. The van der Waals surface area contributed by atoms with Crippen LogP contribution in [0.25, 0.3) is 0 Å². The van der Waals surface area contributed by atoms with Crippen molar-refractivity contribution >= 4 is 23.3 Å². The molecular formula is C16H19ClN2O. The molecule has 1 aromatic carbocycles. The Morgan fingerprint density at radius 3 is 2.75 bits per heavy atom. The summed E-state index contributed by atoms with van der Waals surface area (Å²) in [5.74, 6) is 1.37. The van der Waals surface area contributed by atoms with Gasteiger partial charge in [0.25, 0.3) is 0 Å². The third-order valence-corrected chi connectivity index (χ3v) is 5.38. The number of fused-ring (bicyclic) bond motifs is 1. The average Bonchev–Trinajstić information content (AvgIpc) is 3.28. The van der Waals surface area contributed by atoms with E-state index in [2.05, 4.69) is 11.4 Å². The predicted octanol–water partition coefficient (Wildman–Crippen LogP) is 4.22. The van der Waals surface area contributed by atoms with E-state index in [1.54, 1.807) is 0 Å². The molecule has 1 aromatic rings. The highest BCUT2D eigenvalue weighted by molar-refractivity contribution is 6.30. The van der Waals surface area contributed by atoms with Crippen LogP contribution in [-0.4, -0.2) is 18.0 Å². The van der Waals surface area contributed by atoms with Crippen LogP contribution in [0.4, 0.5) is 10.5 Å². The first kappa shape index (κ1) is 12.5. The van der Waals surface area contributed by atoms with Crippen LogP contribution >= 0.6 is 11.6 Å². The molecule has 1 aliphatic heterocycles. The number of halogens is 1. The average molecular weight is 291 g/mol. The lowest BCUT2D eigenvalue weighted by atomic mass is 9.77. The van der Waals surface area contributed by atoms with Gasteiger partial charge in [0.2, 0.25) is 0 Å². The van der Waals surface area contributed by atoms with E-state index < -0.39 is 0 Å². The van der Waals surface area contributed by atoms with Crippen LogP contribution < -0.4 is 5.32 Å². The molecule has 3 nitrogen and oxygen atoms in total. The van der Waals surface area contributed by atoms with E-state index in [0.717, 1.165) is 23.0 Å². The van der Waals surface area contributed by atoms with Crippen LogP contribution in [0.15, 0.2) is 18.2 Å². The molecule has 0 aromatic heterocycles. The monoisotopic (exact) mass is 290 g/mol. The Kier molecular flexibility index (Phi) is 2.59. The number of nitrogens with zero attached hydrogens (tertiary/aromatic N) is 1. The maximum Gasteiger partial charge on any atom is 0.322 e. The highest BCUT2D eigenvalue weighted by Crippen LogP contribution is 2.58. The first-order chi connectivity index (χ1) is 9.61. The summed E-state index contributed by atoms with van der Waals surface area (Å²) in [5, 5.41) is 3.75. The molecule has 2 saturated carbocycles. The van der Waals surface area contributed by atoms with Gasteiger partial charge >= 0.3 is 6.03 Å². The number of carbonyl (C=O) groups excluding carboxylic acids is 1. The van der Waals surface area contributed by atoms with Crippen molar-refractivity contribution in [2.75, 3.05) is 12.4 Å². The van der Waals surface area contributed by atoms with E-state index in [0.29, 0.717) is 5.92 Å². The van der Waals surface area contributed by atoms with Crippen LogP contribution in [0.5, 0.6) is 0 Å². The van der Waals surface area contributed by atoms with Gasteiger partial charge in [0.1, 0.15) is 0 Å². The molecule has 2 amide bonds. The highest BCUT2D eigenvalue weighted by Gasteiger charge is 2.55. The summed E-state index contributed by atoms with van der Waals surface area (Å²) in [6.45, 7) is 0. The number of carbonyl (C=O) groups is 1. The topological polar surface area (TPSA) is 32.3 Å². The molecule has 0 radical (unpaired) electrons. The minimum absolute atomic E-state index is 0.0207. The van der Waals surface area contributed by atoms with Crippen LogP contribution in [-0.2, 0) is 5.54 Å².